The number of aliphatic hydroxyl groups excluding tert-OH is 2. The molecule has 2 aromatic carbocycles. The van der Waals surface area contributed by atoms with Crippen molar-refractivity contribution in [2.24, 2.45) is 0 Å². The van der Waals surface area contributed by atoms with Crippen molar-refractivity contribution < 1.29 is 33.6 Å². The van der Waals surface area contributed by atoms with E-state index in [9.17, 15) is 14.6 Å². The van der Waals surface area contributed by atoms with E-state index in [-0.39, 0.29) is 5.24 Å². The summed E-state index contributed by atoms with van der Waals surface area (Å²) in [5.41, 5.74) is 1.06. The number of benzene rings is 2. The summed E-state index contributed by atoms with van der Waals surface area (Å²) in [7, 11) is 0. The van der Waals surface area contributed by atoms with Crippen LogP contribution >= 0.6 is 12.2 Å². The quantitative estimate of drug-likeness (QED) is 0.754. The minimum Gasteiger partial charge on any atom is -0.462 e. The molecule has 1 aliphatic rings. The molecule has 1 saturated heterocycles. The van der Waals surface area contributed by atoms with Gasteiger partial charge < -0.3 is 29.2 Å². The first-order chi connectivity index (χ1) is 13.3. The van der Waals surface area contributed by atoms with Gasteiger partial charge in [0.25, 0.3) is 0 Å². The van der Waals surface area contributed by atoms with Gasteiger partial charge in [-0.15, -0.1) is 0 Å². The van der Waals surface area contributed by atoms with Gasteiger partial charge in [0.2, 0.25) is 6.29 Å². The first kappa shape index (κ1) is 20.5. The number of ether oxygens (including phenoxy) is 4. The molecule has 0 bridgehead atoms. The first-order valence-corrected chi connectivity index (χ1v) is 9.13. The van der Waals surface area contributed by atoms with Gasteiger partial charge in [-0.2, -0.15) is 0 Å². The van der Waals surface area contributed by atoms with E-state index in [4.69, 9.17) is 31.2 Å². The van der Waals surface area contributed by atoms with Gasteiger partial charge in [-0.3, -0.25) is 0 Å². The Kier molecular flexibility index (Phi) is 6.46. The summed E-state index contributed by atoms with van der Waals surface area (Å²) in [6.07, 6.45) is -5.51. The maximum atomic E-state index is 13.0. The zero-order valence-electron chi connectivity index (χ0n) is 15.3. The molecule has 28 heavy (non-hydrogen) atoms. The highest BCUT2D eigenvalue weighted by atomic mass is 32.1. The predicted molar refractivity (Wildman–Crippen MR) is 103 cm³/mol. The van der Waals surface area contributed by atoms with E-state index >= 15 is 0 Å². The van der Waals surface area contributed by atoms with Gasteiger partial charge >= 0.3 is 5.24 Å². The largest absolute Gasteiger partial charge is 0.462 e. The summed E-state index contributed by atoms with van der Waals surface area (Å²) in [4.78, 5) is 0. The lowest BCUT2D eigenvalue weighted by Gasteiger charge is -2.40. The van der Waals surface area contributed by atoms with Gasteiger partial charge in [-0.05, 0) is 50.2 Å². The third-order valence-electron chi connectivity index (χ3n) is 4.30. The van der Waals surface area contributed by atoms with Gasteiger partial charge in [0.15, 0.2) is 12.2 Å². The second-order valence-corrected chi connectivity index (χ2v) is 6.84. The first-order valence-electron chi connectivity index (χ1n) is 8.72. The van der Waals surface area contributed by atoms with Crippen LogP contribution in [0.4, 0.5) is 4.39 Å². The molecule has 0 amide bonds. The highest BCUT2D eigenvalue weighted by Crippen LogP contribution is 2.27. The third-order valence-corrected chi connectivity index (χ3v) is 4.48. The number of halogens is 1. The average Bonchev–Trinajstić information content (AvgIpc) is 2.67. The van der Waals surface area contributed by atoms with Gasteiger partial charge in [0, 0.05) is 12.2 Å². The fraction of sp³-hybridized carbons (Fsp3) is 0.350. The highest BCUT2D eigenvalue weighted by Gasteiger charge is 2.46. The predicted octanol–water partition coefficient (Wildman–Crippen LogP) is 2.73. The summed E-state index contributed by atoms with van der Waals surface area (Å²) >= 11 is 5.09. The SMILES string of the molecule is Cc1ccc(OC(=S)O[C@H]2[C@H](O)[C@@H](Oc3ccc(F)cc3)O[C@@H](C)[C@H]2O)cc1. The Morgan fingerprint density at radius 3 is 2.25 bits per heavy atom. The Balaban J connectivity index is 1.66. The molecule has 0 spiro atoms. The molecule has 1 aliphatic heterocycles. The summed E-state index contributed by atoms with van der Waals surface area (Å²) in [6.45, 7) is 3.55. The van der Waals surface area contributed by atoms with Crippen molar-refractivity contribution in [1.82, 2.24) is 0 Å². The Hall–Kier alpha value is -2.26. The van der Waals surface area contributed by atoms with E-state index in [0.29, 0.717) is 11.5 Å². The monoisotopic (exact) mass is 408 g/mol. The van der Waals surface area contributed by atoms with Crippen molar-refractivity contribution in [1.29, 1.82) is 0 Å². The van der Waals surface area contributed by atoms with E-state index in [1.807, 2.05) is 19.1 Å². The van der Waals surface area contributed by atoms with Crippen LogP contribution in [-0.4, -0.2) is 46.2 Å². The van der Waals surface area contributed by atoms with Crippen molar-refractivity contribution >= 4 is 17.5 Å². The van der Waals surface area contributed by atoms with E-state index in [1.165, 1.54) is 24.3 Å². The lowest BCUT2D eigenvalue weighted by atomic mass is 10.00. The van der Waals surface area contributed by atoms with Gasteiger partial charge in [0.1, 0.15) is 23.4 Å². The second-order valence-electron chi connectivity index (χ2n) is 6.51. The number of aryl methyl sites for hydroxylation is 1. The molecule has 0 unspecified atom stereocenters. The summed E-state index contributed by atoms with van der Waals surface area (Å²) in [5, 5.41) is 20.7. The third kappa shape index (κ3) is 4.96. The van der Waals surface area contributed by atoms with Crippen molar-refractivity contribution in [3.63, 3.8) is 0 Å². The van der Waals surface area contributed by atoms with Crippen LogP contribution in [0.15, 0.2) is 48.5 Å². The Morgan fingerprint density at radius 2 is 1.61 bits per heavy atom. The number of aliphatic hydroxyl groups is 2. The molecule has 0 radical (unpaired) electrons. The second kappa shape index (κ2) is 8.83. The zero-order chi connectivity index (χ0) is 20.3. The standard InChI is InChI=1S/C20H21FO6S/c1-11-3-7-15(8-4-11)26-20(28)27-18-16(22)12(2)24-19(17(18)23)25-14-9-5-13(21)6-10-14/h3-10,12,16-19,22-23H,1-2H3/t12-,16+,17-,18+,19+/m0/s1. The molecule has 6 nitrogen and oxygen atoms in total. The van der Waals surface area contributed by atoms with Crippen LogP contribution in [0.5, 0.6) is 11.5 Å². The van der Waals surface area contributed by atoms with E-state index < -0.39 is 36.5 Å². The minimum absolute atomic E-state index is 0.249. The molecule has 0 saturated carbocycles. The van der Waals surface area contributed by atoms with Crippen LogP contribution in [0.3, 0.4) is 0 Å². The van der Waals surface area contributed by atoms with Crippen molar-refractivity contribution in [3.8, 4) is 11.5 Å². The van der Waals surface area contributed by atoms with Gasteiger partial charge in [0.05, 0.1) is 6.10 Å². The lowest BCUT2D eigenvalue weighted by molar-refractivity contribution is -0.266. The highest BCUT2D eigenvalue weighted by molar-refractivity contribution is 7.79. The molecule has 0 aliphatic carbocycles. The molecule has 2 N–H and O–H groups in total. The minimum atomic E-state index is -1.36. The number of hydrogen-bond donors (Lipinski definition) is 2. The van der Waals surface area contributed by atoms with E-state index in [2.05, 4.69) is 0 Å². The number of rotatable bonds is 4. The van der Waals surface area contributed by atoms with Gasteiger partial charge in [-0.1, -0.05) is 17.7 Å². The number of thiocarbonyl (C=S) groups is 1. The normalized spacial score (nSPS) is 27.1. The molecular weight excluding hydrogens is 387 g/mol. The topological polar surface area (TPSA) is 77.4 Å². The zero-order valence-corrected chi connectivity index (χ0v) is 16.1. The van der Waals surface area contributed by atoms with Crippen LogP contribution < -0.4 is 9.47 Å². The molecule has 5 atom stereocenters. The molecule has 1 fully saturated rings. The van der Waals surface area contributed by atoms with Crippen LogP contribution in [0.2, 0.25) is 0 Å². The van der Waals surface area contributed by atoms with E-state index in [0.717, 1.165) is 5.56 Å². The van der Waals surface area contributed by atoms with Crippen molar-refractivity contribution in [3.05, 3.63) is 59.9 Å². The lowest BCUT2D eigenvalue weighted by Crippen LogP contribution is -2.59. The average molecular weight is 408 g/mol. The Bertz CT molecular complexity index is 797. The number of hydrogen-bond acceptors (Lipinski definition) is 7. The Labute approximate surface area is 167 Å². The van der Waals surface area contributed by atoms with Crippen LogP contribution in [0, 0.1) is 12.7 Å². The fourth-order valence-corrected chi connectivity index (χ4v) is 2.93. The fourth-order valence-electron chi connectivity index (χ4n) is 2.72. The molecular formula is C20H21FO6S. The maximum absolute atomic E-state index is 13.0. The maximum Gasteiger partial charge on any atom is 0.358 e. The van der Waals surface area contributed by atoms with Crippen LogP contribution in [0.25, 0.3) is 0 Å². The molecule has 8 heteroatoms. The summed E-state index contributed by atoms with van der Waals surface area (Å²) in [6, 6.07) is 12.4. The van der Waals surface area contributed by atoms with Crippen molar-refractivity contribution in [2.45, 2.75) is 44.6 Å². The van der Waals surface area contributed by atoms with Crippen LogP contribution in [0.1, 0.15) is 12.5 Å². The van der Waals surface area contributed by atoms with E-state index in [1.54, 1.807) is 19.1 Å². The van der Waals surface area contributed by atoms with Gasteiger partial charge in [-0.25, -0.2) is 4.39 Å². The molecule has 3 rings (SSSR count). The summed E-state index contributed by atoms with van der Waals surface area (Å²) < 4.78 is 35.1. The summed E-state index contributed by atoms with van der Waals surface area (Å²) in [5.74, 6) is 0.353. The Morgan fingerprint density at radius 1 is 1.00 bits per heavy atom. The van der Waals surface area contributed by atoms with Crippen molar-refractivity contribution in [2.75, 3.05) is 0 Å². The van der Waals surface area contributed by atoms with Crippen LogP contribution in [-0.2, 0) is 9.47 Å². The molecule has 0 aromatic heterocycles. The molecule has 2 aromatic rings. The molecule has 150 valence electrons. The molecule has 1 heterocycles. The smallest absolute Gasteiger partial charge is 0.358 e.